The Labute approximate surface area is 150 Å². The van der Waals surface area contributed by atoms with Crippen molar-refractivity contribution < 1.29 is 18.6 Å². The number of guanidine groups is 1. The van der Waals surface area contributed by atoms with Crippen LogP contribution in [0.3, 0.4) is 0 Å². The standard InChI is InChI=1S/C17H23F2N5O2/c1-3-20-17(21-8-12-9-23-24(2)11-12)22-10-15(25)13-4-6-14(7-5-13)26-16(18)19/h4-7,9,11,15-16,25H,3,8,10H2,1-2H3,(H2,20,21,22). The predicted molar refractivity (Wildman–Crippen MR) is 94.1 cm³/mol. The predicted octanol–water partition coefficient (Wildman–Crippen LogP) is 1.81. The first kappa shape index (κ1) is 19.6. The van der Waals surface area contributed by atoms with E-state index in [9.17, 15) is 13.9 Å². The van der Waals surface area contributed by atoms with Gasteiger partial charge in [0, 0.05) is 31.9 Å². The fourth-order valence-corrected chi connectivity index (χ4v) is 2.25. The van der Waals surface area contributed by atoms with Gasteiger partial charge in [-0.15, -0.1) is 0 Å². The lowest BCUT2D eigenvalue weighted by Crippen LogP contribution is -2.39. The molecule has 1 unspecified atom stereocenters. The topological polar surface area (TPSA) is 83.7 Å². The Balaban J connectivity index is 1.90. The molecule has 1 aromatic heterocycles. The first-order valence-electron chi connectivity index (χ1n) is 8.20. The highest BCUT2D eigenvalue weighted by atomic mass is 19.3. The molecule has 0 aliphatic heterocycles. The minimum absolute atomic E-state index is 0.0512. The van der Waals surface area contributed by atoms with Crippen molar-refractivity contribution in [2.75, 3.05) is 13.1 Å². The molecule has 0 aliphatic rings. The molecule has 26 heavy (non-hydrogen) atoms. The van der Waals surface area contributed by atoms with Crippen molar-refractivity contribution in [3.05, 3.63) is 47.8 Å². The lowest BCUT2D eigenvalue weighted by atomic mass is 10.1. The molecule has 1 aromatic carbocycles. The number of aromatic nitrogens is 2. The molecule has 1 atom stereocenters. The fourth-order valence-electron chi connectivity index (χ4n) is 2.25. The van der Waals surface area contributed by atoms with Gasteiger partial charge < -0.3 is 20.5 Å². The molecule has 0 fully saturated rings. The summed E-state index contributed by atoms with van der Waals surface area (Å²) in [6.45, 7) is 0.423. The van der Waals surface area contributed by atoms with Gasteiger partial charge in [0.15, 0.2) is 5.96 Å². The summed E-state index contributed by atoms with van der Waals surface area (Å²) in [5, 5.41) is 20.5. The number of nitrogens with zero attached hydrogens (tertiary/aromatic N) is 3. The van der Waals surface area contributed by atoms with Crippen molar-refractivity contribution in [3.8, 4) is 5.75 Å². The van der Waals surface area contributed by atoms with Gasteiger partial charge in [0.05, 0.1) is 18.8 Å². The number of nitrogens with one attached hydrogen (secondary N) is 2. The largest absolute Gasteiger partial charge is 0.435 e. The highest BCUT2D eigenvalue weighted by molar-refractivity contribution is 5.79. The van der Waals surface area contributed by atoms with Gasteiger partial charge in [-0.25, -0.2) is 4.99 Å². The molecule has 0 amide bonds. The van der Waals surface area contributed by atoms with Crippen LogP contribution in [0.15, 0.2) is 41.7 Å². The van der Waals surface area contributed by atoms with Crippen molar-refractivity contribution in [2.24, 2.45) is 12.0 Å². The number of aliphatic hydroxyl groups excluding tert-OH is 1. The Bertz CT molecular complexity index is 703. The number of halogens is 2. The van der Waals surface area contributed by atoms with E-state index in [1.54, 1.807) is 23.0 Å². The van der Waals surface area contributed by atoms with Gasteiger partial charge in [-0.3, -0.25) is 4.68 Å². The quantitative estimate of drug-likeness (QED) is 0.490. The second-order valence-corrected chi connectivity index (χ2v) is 5.56. The number of ether oxygens (including phenoxy) is 1. The van der Waals surface area contributed by atoms with Crippen LogP contribution in [0.2, 0.25) is 0 Å². The van der Waals surface area contributed by atoms with Crippen LogP contribution in [0.25, 0.3) is 0 Å². The summed E-state index contributed by atoms with van der Waals surface area (Å²) in [5.74, 6) is 0.614. The van der Waals surface area contributed by atoms with Crippen LogP contribution in [0.1, 0.15) is 24.2 Å². The van der Waals surface area contributed by atoms with Gasteiger partial charge in [0.1, 0.15) is 5.75 Å². The van der Waals surface area contributed by atoms with E-state index in [4.69, 9.17) is 0 Å². The molecule has 2 aromatic rings. The molecular weight excluding hydrogens is 344 g/mol. The van der Waals surface area contributed by atoms with Gasteiger partial charge in [0.2, 0.25) is 0 Å². The summed E-state index contributed by atoms with van der Waals surface area (Å²) >= 11 is 0. The average Bonchev–Trinajstić information content (AvgIpc) is 3.02. The zero-order valence-electron chi connectivity index (χ0n) is 14.7. The lowest BCUT2D eigenvalue weighted by Gasteiger charge is -2.16. The van der Waals surface area contributed by atoms with Crippen LogP contribution in [-0.2, 0) is 13.6 Å². The number of hydrogen-bond donors (Lipinski definition) is 3. The summed E-state index contributed by atoms with van der Waals surface area (Å²) in [7, 11) is 1.84. The third-order valence-corrected chi connectivity index (χ3v) is 3.48. The monoisotopic (exact) mass is 367 g/mol. The Kier molecular flexibility index (Phi) is 7.34. The van der Waals surface area contributed by atoms with E-state index in [0.717, 1.165) is 5.56 Å². The van der Waals surface area contributed by atoms with Gasteiger partial charge in [-0.2, -0.15) is 13.9 Å². The van der Waals surface area contributed by atoms with Gasteiger partial charge in [0.25, 0.3) is 0 Å². The maximum Gasteiger partial charge on any atom is 0.387 e. The number of alkyl halides is 2. The number of aliphatic hydroxyl groups is 1. The second-order valence-electron chi connectivity index (χ2n) is 5.56. The fraction of sp³-hybridized carbons (Fsp3) is 0.412. The Morgan fingerprint density at radius 3 is 2.62 bits per heavy atom. The summed E-state index contributed by atoms with van der Waals surface area (Å²) in [4.78, 5) is 4.44. The minimum atomic E-state index is -2.87. The number of rotatable bonds is 8. The van der Waals surface area contributed by atoms with Crippen LogP contribution in [0.4, 0.5) is 8.78 Å². The Hall–Kier alpha value is -2.68. The van der Waals surface area contributed by atoms with Crippen molar-refractivity contribution in [1.29, 1.82) is 0 Å². The summed E-state index contributed by atoms with van der Waals surface area (Å²) in [5.41, 5.74) is 1.56. The van der Waals surface area contributed by atoms with Gasteiger partial charge >= 0.3 is 6.61 Å². The van der Waals surface area contributed by atoms with Crippen LogP contribution in [0.5, 0.6) is 5.75 Å². The van der Waals surface area contributed by atoms with E-state index in [1.807, 2.05) is 20.2 Å². The first-order valence-corrected chi connectivity index (χ1v) is 8.20. The lowest BCUT2D eigenvalue weighted by molar-refractivity contribution is -0.0498. The number of benzene rings is 1. The molecule has 1 heterocycles. The highest BCUT2D eigenvalue weighted by Gasteiger charge is 2.10. The summed E-state index contributed by atoms with van der Waals surface area (Å²) in [6.07, 6.45) is 2.80. The summed E-state index contributed by atoms with van der Waals surface area (Å²) < 4.78 is 30.3. The molecule has 0 bridgehead atoms. The number of aryl methyl sites for hydroxylation is 1. The van der Waals surface area contributed by atoms with E-state index in [2.05, 4.69) is 25.5 Å². The Morgan fingerprint density at radius 1 is 1.31 bits per heavy atom. The summed E-state index contributed by atoms with van der Waals surface area (Å²) in [6, 6.07) is 5.88. The van der Waals surface area contributed by atoms with E-state index >= 15 is 0 Å². The van der Waals surface area contributed by atoms with E-state index < -0.39 is 12.7 Å². The molecule has 142 valence electrons. The zero-order valence-corrected chi connectivity index (χ0v) is 14.7. The van der Waals surface area contributed by atoms with Crippen molar-refractivity contribution >= 4 is 5.96 Å². The molecule has 9 heteroatoms. The maximum absolute atomic E-state index is 12.2. The van der Waals surface area contributed by atoms with Gasteiger partial charge in [-0.1, -0.05) is 12.1 Å². The SMILES string of the molecule is CCNC(=NCc1cnn(C)c1)NCC(O)c1ccc(OC(F)F)cc1. The highest BCUT2D eigenvalue weighted by Crippen LogP contribution is 2.18. The molecule has 0 spiro atoms. The number of aliphatic imine (C=N–C) groups is 1. The minimum Gasteiger partial charge on any atom is -0.435 e. The average molecular weight is 367 g/mol. The molecule has 2 rings (SSSR count). The molecule has 0 aliphatic carbocycles. The number of hydrogen-bond acceptors (Lipinski definition) is 4. The molecule has 3 N–H and O–H groups in total. The first-order chi connectivity index (χ1) is 12.5. The van der Waals surface area contributed by atoms with Crippen LogP contribution < -0.4 is 15.4 Å². The van der Waals surface area contributed by atoms with E-state index in [0.29, 0.717) is 24.6 Å². The van der Waals surface area contributed by atoms with Crippen LogP contribution in [0, 0.1) is 0 Å². The molecule has 7 nitrogen and oxygen atoms in total. The van der Waals surface area contributed by atoms with Crippen LogP contribution in [-0.4, -0.2) is 40.5 Å². The molecule has 0 saturated heterocycles. The molecule has 0 radical (unpaired) electrons. The van der Waals surface area contributed by atoms with Crippen molar-refractivity contribution in [2.45, 2.75) is 26.2 Å². The third kappa shape index (κ3) is 6.32. The molecule has 0 saturated carbocycles. The molecular formula is C17H23F2N5O2. The van der Waals surface area contributed by atoms with Crippen molar-refractivity contribution in [3.63, 3.8) is 0 Å². The smallest absolute Gasteiger partial charge is 0.387 e. The van der Waals surface area contributed by atoms with Crippen LogP contribution >= 0.6 is 0 Å². The van der Waals surface area contributed by atoms with Crippen molar-refractivity contribution in [1.82, 2.24) is 20.4 Å². The van der Waals surface area contributed by atoms with E-state index in [1.165, 1.54) is 12.1 Å². The zero-order chi connectivity index (χ0) is 18.9. The Morgan fingerprint density at radius 2 is 2.04 bits per heavy atom. The normalized spacial score (nSPS) is 12.9. The third-order valence-electron chi connectivity index (χ3n) is 3.48. The second kappa shape index (κ2) is 9.71. The van der Waals surface area contributed by atoms with E-state index in [-0.39, 0.29) is 12.3 Å². The van der Waals surface area contributed by atoms with Gasteiger partial charge in [-0.05, 0) is 24.6 Å². The maximum atomic E-state index is 12.2.